The molecule has 1 saturated carbocycles. The maximum Gasteiger partial charge on any atom is 0.416 e. The van der Waals surface area contributed by atoms with Gasteiger partial charge in [-0.25, -0.2) is 4.79 Å². The van der Waals surface area contributed by atoms with Crippen LogP contribution in [0.15, 0.2) is 41.8 Å². The third kappa shape index (κ3) is 4.54. The second-order valence-corrected chi connectivity index (χ2v) is 7.18. The number of urea groups is 1. The van der Waals surface area contributed by atoms with E-state index in [1.54, 1.807) is 16.2 Å². The Morgan fingerprint density at radius 3 is 2.40 bits per heavy atom. The minimum atomic E-state index is -4.38. The normalized spacial score (nSPS) is 15.3. The summed E-state index contributed by atoms with van der Waals surface area (Å²) in [6, 6.07) is 8.39. The number of amides is 2. The van der Waals surface area contributed by atoms with Gasteiger partial charge in [0, 0.05) is 16.6 Å². The molecule has 1 fully saturated rings. The summed E-state index contributed by atoms with van der Waals surface area (Å²) in [6.45, 7) is 0.523. The SMILES string of the molecule is O=C(Nc1ccc(C(F)(F)F)cc1)N(Cc1cccs1)C1CCCC1. The van der Waals surface area contributed by atoms with E-state index in [0.29, 0.717) is 12.2 Å². The predicted molar refractivity (Wildman–Crippen MR) is 92.6 cm³/mol. The van der Waals surface area contributed by atoms with E-state index >= 15 is 0 Å². The van der Waals surface area contributed by atoms with Crippen LogP contribution in [-0.4, -0.2) is 17.0 Å². The Labute approximate surface area is 148 Å². The molecule has 0 bridgehead atoms. The van der Waals surface area contributed by atoms with Crippen LogP contribution in [-0.2, 0) is 12.7 Å². The molecule has 1 aliphatic carbocycles. The lowest BCUT2D eigenvalue weighted by Crippen LogP contribution is -2.40. The van der Waals surface area contributed by atoms with Crippen molar-refractivity contribution in [2.45, 2.75) is 44.4 Å². The Morgan fingerprint density at radius 2 is 1.84 bits per heavy atom. The molecule has 0 unspecified atom stereocenters. The lowest BCUT2D eigenvalue weighted by Gasteiger charge is -2.28. The molecule has 1 N–H and O–H groups in total. The van der Waals surface area contributed by atoms with Crippen molar-refractivity contribution in [3.63, 3.8) is 0 Å². The monoisotopic (exact) mass is 368 g/mol. The molecule has 1 aromatic heterocycles. The zero-order valence-corrected chi connectivity index (χ0v) is 14.4. The van der Waals surface area contributed by atoms with Crippen LogP contribution in [0.4, 0.5) is 23.7 Å². The van der Waals surface area contributed by atoms with Crippen molar-refractivity contribution in [3.8, 4) is 0 Å². The highest BCUT2D eigenvalue weighted by Crippen LogP contribution is 2.30. The molecule has 2 amide bonds. The highest BCUT2D eigenvalue weighted by Gasteiger charge is 2.30. The lowest BCUT2D eigenvalue weighted by molar-refractivity contribution is -0.137. The first-order chi connectivity index (χ1) is 11.9. The predicted octanol–water partition coefficient (Wildman–Crippen LogP) is 5.74. The molecule has 7 heteroatoms. The number of carbonyl (C=O) groups is 1. The van der Waals surface area contributed by atoms with Gasteiger partial charge in [0.2, 0.25) is 0 Å². The van der Waals surface area contributed by atoms with E-state index in [1.165, 1.54) is 12.1 Å². The Balaban J connectivity index is 1.71. The van der Waals surface area contributed by atoms with Gasteiger partial charge in [0.25, 0.3) is 0 Å². The van der Waals surface area contributed by atoms with E-state index in [0.717, 1.165) is 42.7 Å². The number of carbonyl (C=O) groups excluding carboxylic acids is 1. The maximum absolute atomic E-state index is 12.7. The van der Waals surface area contributed by atoms with Crippen molar-refractivity contribution in [3.05, 3.63) is 52.2 Å². The van der Waals surface area contributed by atoms with Crippen molar-refractivity contribution in [1.29, 1.82) is 0 Å². The zero-order chi connectivity index (χ0) is 17.9. The first-order valence-corrected chi connectivity index (χ1v) is 9.09. The minimum absolute atomic E-state index is 0.177. The van der Waals surface area contributed by atoms with E-state index in [9.17, 15) is 18.0 Å². The Morgan fingerprint density at radius 1 is 1.16 bits per heavy atom. The molecule has 1 aliphatic rings. The topological polar surface area (TPSA) is 32.3 Å². The van der Waals surface area contributed by atoms with E-state index in [2.05, 4.69) is 5.32 Å². The number of halogens is 3. The van der Waals surface area contributed by atoms with Gasteiger partial charge in [0.1, 0.15) is 0 Å². The second kappa shape index (κ2) is 7.47. The summed E-state index contributed by atoms with van der Waals surface area (Å²) in [6.07, 6.45) is -0.256. The third-order valence-corrected chi connectivity index (χ3v) is 5.26. The van der Waals surface area contributed by atoms with Gasteiger partial charge in [-0.1, -0.05) is 18.9 Å². The Kier molecular flexibility index (Phi) is 5.32. The van der Waals surface area contributed by atoms with Crippen molar-refractivity contribution < 1.29 is 18.0 Å². The molecule has 0 saturated heterocycles. The fourth-order valence-corrected chi connectivity index (χ4v) is 3.79. The van der Waals surface area contributed by atoms with Gasteiger partial charge in [-0.2, -0.15) is 13.2 Å². The molecular formula is C18H19F3N2OS. The highest BCUT2D eigenvalue weighted by atomic mass is 32.1. The van der Waals surface area contributed by atoms with Crippen LogP contribution in [0.3, 0.4) is 0 Å². The number of nitrogens with one attached hydrogen (secondary N) is 1. The molecule has 2 aromatic rings. The molecule has 25 heavy (non-hydrogen) atoms. The van der Waals surface area contributed by atoms with Crippen LogP contribution in [0.25, 0.3) is 0 Å². The minimum Gasteiger partial charge on any atom is -0.316 e. The number of anilines is 1. The van der Waals surface area contributed by atoms with Crippen LogP contribution in [0, 0.1) is 0 Å². The Bertz CT molecular complexity index is 692. The molecule has 3 nitrogen and oxygen atoms in total. The molecule has 0 radical (unpaired) electrons. The summed E-state index contributed by atoms with van der Waals surface area (Å²) < 4.78 is 37.9. The number of thiophene rings is 1. The average molecular weight is 368 g/mol. The molecule has 3 rings (SSSR count). The van der Waals surface area contributed by atoms with E-state index in [4.69, 9.17) is 0 Å². The highest BCUT2D eigenvalue weighted by molar-refractivity contribution is 7.09. The van der Waals surface area contributed by atoms with Crippen molar-refractivity contribution in [2.75, 3.05) is 5.32 Å². The lowest BCUT2D eigenvalue weighted by atomic mass is 10.2. The quantitative estimate of drug-likeness (QED) is 0.733. The van der Waals surface area contributed by atoms with Crippen LogP contribution < -0.4 is 5.32 Å². The van der Waals surface area contributed by atoms with E-state index in [1.807, 2.05) is 17.5 Å². The zero-order valence-electron chi connectivity index (χ0n) is 13.6. The van der Waals surface area contributed by atoms with E-state index < -0.39 is 11.7 Å². The maximum atomic E-state index is 12.7. The van der Waals surface area contributed by atoms with Crippen LogP contribution in [0.2, 0.25) is 0 Å². The number of alkyl halides is 3. The average Bonchev–Trinajstić information content (AvgIpc) is 3.26. The van der Waals surface area contributed by atoms with Crippen LogP contribution >= 0.6 is 11.3 Å². The second-order valence-electron chi connectivity index (χ2n) is 6.15. The third-order valence-electron chi connectivity index (χ3n) is 4.40. The van der Waals surface area contributed by atoms with Gasteiger partial charge in [-0.15, -0.1) is 11.3 Å². The van der Waals surface area contributed by atoms with Gasteiger partial charge in [-0.05, 0) is 48.6 Å². The molecule has 0 spiro atoms. The number of hydrogen-bond acceptors (Lipinski definition) is 2. The van der Waals surface area contributed by atoms with Crippen LogP contribution in [0.1, 0.15) is 36.1 Å². The Hall–Kier alpha value is -2.02. The summed E-state index contributed by atoms with van der Waals surface area (Å²) in [5.74, 6) is 0. The standard InChI is InChI=1S/C18H19F3N2OS/c19-18(20,21)13-7-9-14(10-8-13)22-17(24)23(15-4-1-2-5-15)12-16-6-3-11-25-16/h3,6-11,15H,1-2,4-5,12H2,(H,22,24). The van der Waals surface area contributed by atoms with Gasteiger partial charge >= 0.3 is 12.2 Å². The molecule has 0 atom stereocenters. The van der Waals surface area contributed by atoms with Gasteiger partial charge < -0.3 is 10.2 Å². The summed E-state index contributed by atoms with van der Waals surface area (Å²) in [4.78, 5) is 15.6. The summed E-state index contributed by atoms with van der Waals surface area (Å²) in [5.41, 5.74) is -0.357. The first-order valence-electron chi connectivity index (χ1n) is 8.21. The first kappa shape index (κ1) is 17.8. The molecule has 134 valence electrons. The molecular weight excluding hydrogens is 349 g/mol. The van der Waals surface area contributed by atoms with Gasteiger partial charge in [0.05, 0.1) is 12.1 Å². The van der Waals surface area contributed by atoms with Gasteiger partial charge in [0.15, 0.2) is 0 Å². The molecule has 1 aromatic carbocycles. The number of benzene rings is 1. The number of rotatable bonds is 4. The molecule has 1 heterocycles. The molecule has 0 aliphatic heterocycles. The number of nitrogens with zero attached hydrogens (tertiary/aromatic N) is 1. The van der Waals surface area contributed by atoms with Crippen LogP contribution in [0.5, 0.6) is 0 Å². The van der Waals surface area contributed by atoms with Crippen molar-refractivity contribution in [2.24, 2.45) is 0 Å². The summed E-state index contributed by atoms with van der Waals surface area (Å²) in [7, 11) is 0. The fraction of sp³-hybridized carbons (Fsp3) is 0.389. The smallest absolute Gasteiger partial charge is 0.316 e. The summed E-state index contributed by atoms with van der Waals surface area (Å²) >= 11 is 1.59. The largest absolute Gasteiger partial charge is 0.416 e. The van der Waals surface area contributed by atoms with Crippen molar-refractivity contribution >= 4 is 23.1 Å². The number of hydrogen-bond donors (Lipinski definition) is 1. The van der Waals surface area contributed by atoms with Gasteiger partial charge in [-0.3, -0.25) is 0 Å². The fourth-order valence-electron chi connectivity index (χ4n) is 3.09. The van der Waals surface area contributed by atoms with Crippen molar-refractivity contribution in [1.82, 2.24) is 4.90 Å². The summed E-state index contributed by atoms with van der Waals surface area (Å²) in [5, 5.41) is 4.70. The van der Waals surface area contributed by atoms with E-state index in [-0.39, 0.29) is 12.1 Å².